The third-order valence-corrected chi connectivity index (χ3v) is 4.81. The maximum Gasteiger partial charge on any atom is 0.271 e. The maximum absolute atomic E-state index is 13.3. The average molecular weight is 336 g/mol. The topological polar surface area (TPSA) is 122 Å². The van der Waals surface area contributed by atoms with E-state index in [0.29, 0.717) is 0 Å². The van der Waals surface area contributed by atoms with Crippen molar-refractivity contribution in [2.45, 2.75) is 11.3 Å². The van der Waals surface area contributed by atoms with Gasteiger partial charge in [-0.25, -0.2) is 0 Å². The fourth-order valence-electron chi connectivity index (χ4n) is 3.66. The quantitative estimate of drug-likeness (QED) is 0.425. The molecule has 0 radical (unpaired) electrons. The lowest BCUT2D eigenvalue weighted by atomic mass is 9.55. The van der Waals surface area contributed by atoms with Gasteiger partial charge in [0.1, 0.15) is 11.5 Å². The van der Waals surface area contributed by atoms with Crippen LogP contribution in [0.1, 0.15) is 21.5 Å². The molecule has 0 saturated heterocycles. The third kappa shape index (κ3) is 1.70. The van der Waals surface area contributed by atoms with Gasteiger partial charge in [-0.3, -0.25) is 9.59 Å². The van der Waals surface area contributed by atoms with Crippen LogP contribution < -0.4 is 15.8 Å². The summed E-state index contributed by atoms with van der Waals surface area (Å²) in [6.45, 7) is 0. The minimum atomic E-state index is -2.14. The first-order chi connectivity index (χ1) is 11.8. The second-order valence-corrected chi connectivity index (χ2v) is 6.18. The van der Waals surface area contributed by atoms with Gasteiger partial charge >= 0.3 is 0 Å². The second-order valence-electron chi connectivity index (χ2n) is 6.18. The highest BCUT2D eigenvalue weighted by molar-refractivity contribution is 7.08. The molecular weight excluding hydrogens is 322 g/mol. The number of aromatic hydroxyl groups is 1. The van der Waals surface area contributed by atoms with Crippen LogP contribution in [0, 0.1) is 0 Å². The van der Waals surface area contributed by atoms with Gasteiger partial charge in [0.05, 0.1) is 13.3 Å². The molecule has 2 atom stereocenters. The monoisotopic (exact) mass is 336 g/mol. The van der Waals surface area contributed by atoms with E-state index in [1.165, 1.54) is 24.3 Å². The first-order valence-corrected chi connectivity index (χ1v) is 7.85. The molecule has 0 unspecified atom stereocenters. The Kier molecular flexibility index (Phi) is 2.99. The molecule has 0 spiro atoms. The molecule has 1 aliphatic heterocycles. The summed E-state index contributed by atoms with van der Waals surface area (Å²) in [7, 11) is 1.75. The number of nitrogens with two attached hydrogens (primary N) is 1. The fraction of sp³-hybridized carbons (Fsp3) is 0.125. The van der Waals surface area contributed by atoms with E-state index in [1.807, 2.05) is 0 Å². The van der Waals surface area contributed by atoms with Gasteiger partial charge < -0.3 is 26.0 Å². The molecule has 2 aromatic rings. The van der Waals surface area contributed by atoms with E-state index >= 15 is 0 Å². The SMILES string of the molecule is BBC(=O)N[C@]12C(=O)c3c(N)cccc3[C@@]1(O)Oc1cc(O)ccc12. The Morgan fingerprint density at radius 1 is 1.28 bits per heavy atom. The molecule has 1 amide bonds. The summed E-state index contributed by atoms with van der Waals surface area (Å²) in [5.41, 5.74) is 4.88. The van der Waals surface area contributed by atoms with Crippen molar-refractivity contribution in [1.82, 2.24) is 5.32 Å². The molecule has 0 saturated carbocycles. The first kappa shape index (κ1) is 15.6. The zero-order valence-corrected chi connectivity index (χ0v) is 13.4. The number of amides is 1. The Labute approximate surface area is 144 Å². The highest BCUT2D eigenvalue weighted by Gasteiger charge is 2.71. The van der Waals surface area contributed by atoms with Crippen molar-refractivity contribution in [2.75, 3.05) is 5.73 Å². The summed E-state index contributed by atoms with van der Waals surface area (Å²) in [5.74, 6) is -3.08. The number of carbonyl (C=O) groups excluding carboxylic acids is 2. The highest BCUT2D eigenvalue weighted by Crippen LogP contribution is 2.59. The van der Waals surface area contributed by atoms with Crippen molar-refractivity contribution in [3.8, 4) is 11.5 Å². The number of benzene rings is 2. The summed E-state index contributed by atoms with van der Waals surface area (Å²) >= 11 is 0. The largest absolute Gasteiger partial charge is 0.508 e. The molecule has 1 heterocycles. The molecule has 2 aromatic carbocycles. The molecule has 124 valence electrons. The predicted octanol–water partition coefficient (Wildman–Crippen LogP) is -0.702. The standard InChI is InChI=1S/C16H14B2N2O5/c17-18-14(23)20-15-8-5-4-7(21)6-11(8)25-16(15,24)9-2-1-3-10(19)12(9)13(15)22/h1-6,18,21,24H,17,19H2,(H,20,23)/t15-,16-/m1/s1. The number of aliphatic hydroxyl groups is 1. The number of fused-ring (bicyclic) bond motifs is 5. The smallest absolute Gasteiger partial charge is 0.271 e. The van der Waals surface area contributed by atoms with Gasteiger partial charge in [-0.15, -0.1) is 0 Å². The molecular formula is C16H14B2N2O5. The molecule has 7 nitrogen and oxygen atoms in total. The Hall–Kier alpha value is -2.93. The molecule has 1 aliphatic carbocycles. The molecule has 0 fully saturated rings. The van der Waals surface area contributed by atoms with Crippen LogP contribution in [0.25, 0.3) is 0 Å². The number of hydrogen-bond acceptors (Lipinski definition) is 6. The fourth-order valence-corrected chi connectivity index (χ4v) is 3.66. The molecule has 0 aromatic heterocycles. The highest BCUT2D eigenvalue weighted by atomic mass is 16.6. The van der Waals surface area contributed by atoms with Gasteiger partial charge in [0, 0.05) is 22.9 Å². The Balaban J connectivity index is 2.05. The molecule has 4 rings (SSSR count). The number of carbonyl (C=O) groups is 2. The summed E-state index contributed by atoms with van der Waals surface area (Å²) in [5, 5.41) is 23.7. The van der Waals surface area contributed by atoms with Crippen LogP contribution in [0.4, 0.5) is 10.5 Å². The van der Waals surface area contributed by atoms with Crippen LogP contribution in [-0.2, 0) is 11.3 Å². The third-order valence-electron chi connectivity index (χ3n) is 4.81. The second kappa shape index (κ2) is 4.80. The number of hydrogen-bond donors (Lipinski definition) is 4. The number of anilines is 1. The van der Waals surface area contributed by atoms with E-state index in [2.05, 4.69) is 5.32 Å². The van der Waals surface area contributed by atoms with E-state index in [9.17, 15) is 19.8 Å². The van der Waals surface area contributed by atoms with E-state index in [-0.39, 0.29) is 41.0 Å². The number of nitrogen functional groups attached to an aromatic ring is 1. The van der Waals surface area contributed by atoms with Crippen molar-refractivity contribution in [2.24, 2.45) is 0 Å². The summed E-state index contributed by atoms with van der Waals surface area (Å²) < 4.78 is 5.70. The number of ketones is 1. The lowest BCUT2D eigenvalue weighted by molar-refractivity contribution is -0.168. The first-order valence-electron chi connectivity index (χ1n) is 7.85. The minimum Gasteiger partial charge on any atom is -0.508 e. The zero-order chi connectivity index (χ0) is 18.0. The predicted molar refractivity (Wildman–Crippen MR) is 93.7 cm³/mol. The van der Waals surface area contributed by atoms with Crippen LogP contribution >= 0.6 is 0 Å². The van der Waals surface area contributed by atoms with E-state index < -0.39 is 22.9 Å². The van der Waals surface area contributed by atoms with Crippen LogP contribution in [0.2, 0.25) is 0 Å². The van der Waals surface area contributed by atoms with Crippen molar-refractivity contribution >= 4 is 32.2 Å². The summed E-state index contributed by atoms with van der Waals surface area (Å²) in [6, 6.07) is 8.81. The summed E-state index contributed by atoms with van der Waals surface area (Å²) in [6.07, 6.45) is 0. The van der Waals surface area contributed by atoms with Crippen LogP contribution in [0.15, 0.2) is 36.4 Å². The van der Waals surface area contributed by atoms with Gasteiger partial charge in [-0.05, 0) is 18.2 Å². The Bertz CT molecular complexity index is 950. The number of rotatable bonds is 2. The van der Waals surface area contributed by atoms with Crippen molar-refractivity contribution in [3.05, 3.63) is 53.1 Å². The molecule has 2 aliphatic rings. The van der Waals surface area contributed by atoms with Crippen molar-refractivity contribution in [1.29, 1.82) is 0 Å². The lowest BCUT2D eigenvalue weighted by Crippen LogP contribution is -2.60. The number of phenols is 1. The average Bonchev–Trinajstić information content (AvgIpc) is 2.92. The van der Waals surface area contributed by atoms with Crippen molar-refractivity contribution < 1.29 is 24.5 Å². The number of ether oxygens (including phenoxy) is 1. The van der Waals surface area contributed by atoms with Crippen LogP contribution in [-0.4, -0.2) is 36.7 Å². The van der Waals surface area contributed by atoms with Crippen LogP contribution in [0.5, 0.6) is 11.5 Å². The van der Waals surface area contributed by atoms with E-state index in [1.54, 1.807) is 19.9 Å². The van der Waals surface area contributed by atoms with E-state index in [0.717, 1.165) is 0 Å². The summed E-state index contributed by atoms with van der Waals surface area (Å²) in [4.78, 5) is 25.5. The molecule has 9 heteroatoms. The molecule has 25 heavy (non-hydrogen) atoms. The zero-order valence-electron chi connectivity index (χ0n) is 13.4. The van der Waals surface area contributed by atoms with Crippen molar-refractivity contribution in [3.63, 3.8) is 0 Å². The number of phenolic OH excluding ortho intramolecular Hbond substituents is 1. The lowest BCUT2D eigenvalue weighted by Gasteiger charge is -2.34. The van der Waals surface area contributed by atoms with Gasteiger partial charge in [0.25, 0.3) is 5.79 Å². The Morgan fingerprint density at radius 2 is 2.04 bits per heavy atom. The van der Waals surface area contributed by atoms with Gasteiger partial charge in [0.2, 0.25) is 11.3 Å². The number of nitrogens with one attached hydrogen (secondary N) is 1. The normalized spacial score (nSPS) is 25.6. The van der Waals surface area contributed by atoms with Gasteiger partial charge in [-0.2, -0.15) is 0 Å². The van der Waals surface area contributed by atoms with Crippen LogP contribution in [0.3, 0.4) is 0 Å². The molecule has 5 N–H and O–H groups in total. The maximum atomic E-state index is 13.3. The van der Waals surface area contributed by atoms with Gasteiger partial charge in [0.15, 0.2) is 13.0 Å². The minimum absolute atomic E-state index is 0.0838. The number of Topliss-reactive ketones (excluding diaryl/α,β-unsaturated/α-hetero) is 1. The Morgan fingerprint density at radius 3 is 2.76 bits per heavy atom. The van der Waals surface area contributed by atoms with Gasteiger partial charge in [-0.1, -0.05) is 12.1 Å². The van der Waals surface area contributed by atoms with E-state index in [4.69, 9.17) is 10.5 Å². The molecule has 0 bridgehead atoms.